The van der Waals surface area contributed by atoms with Gasteiger partial charge in [-0.05, 0) is 32.0 Å². The smallest absolute Gasteiger partial charge is 0.280 e. The molecular weight excluding hydrogens is 352 g/mol. The Morgan fingerprint density at radius 2 is 2.09 bits per heavy atom. The summed E-state index contributed by atoms with van der Waals surface area (Å²) in [5, 5.41) is 4.06. The lowest BCUT2D eigenvalue weighted by Crippen LogP contribution is -2.47. The SMILES string of the molecule is CON=C1c2cc(C(=O)N=C(N)N)ccc2OC(C)(C)C1Br. The molecule has 0 saturated carbocycles. The molecule has 0 aromatic heterocycles. The second-order valence-corrected chi connectivity index (χ2v) is 6.20. The zero-order valence-corrected chi connectivity index (χ0v) is 14.0. The third kappa shape index (κ3) is 3.06. The summed E-state index contributed by atoms with van der Waals surface area (Å²) in [6, 6.07) is 4.92. The van der Waals surface area contributed by atoms with Crippen molar-refractivity contribution in [3.05, 3.63) is 29.3 Å². The van der Waals surface area contributed by atoms with Gasteiger partial charge in [-0.2, -0.15) is 4.99 Å². The van der Waals surface area contributed by atoms with Crippen molar-refractivity contribution in [3.63, 3.8) is 0 Å². The Morgan fingerprint density at radius 1 is 1.41 bits per heavy atom. The van der Waals surface area contributed by atoms with E-state index in [0.717, 1.165) is 0 Å². The molecule has 1 atom stereocenters. The summed E-state index contributed by atoms with van der Waals surface area (Å²) in [6.45, 7) is 3.86. The van der Waals surface area contributed by atoms with E-state index in [1.807, 2.05) is 13.8 Å². The number of carbonyl (C=O) groups is 1. The maximum atomic E-state index is 11.9. The number of ether oxygens (including phenoxy) is 1. The predicted octanol–water partition coefficient (Wildman–Crippen LogP) is 1.39. The van der Waals surface area contributed by atoms with Crippen LogP contribution >= 0.6 is 15.9 Å². The highest BCUT2D eigenvalue weighted by Crippen LogP contribution is 2.37. The number of hydrogen-bond acceptors (Lipinski definition) is 4. The Balaban J connectivity index is 2.54. The van der Waals surface area contributed by atoms with Crippen LogP contribution in [0.2, 0.25) is 0 Å². The molecule has 1 heterocycles. The summed E-state index contributed by atoms with van der Waals surface area (Å²) < 4.78 is 5.94. The number of rotatable bonds is 2. The van der Waals surface area contributed by atoms with Gasteiger partial charge in [0.1, 0.15) is 24.2 Å². The van der Waals surface area contributed by atoms with Gasteiger partial charge in [0.25, 0.3) is 5.91 Å². The minimum Gasteiger partial charge on any atom is -0.486 e. The average molecular weight is 369 g/mol. The lowest BCUT2D eigenvalue weighted by molar-refractivity contribution is 0.100. The minimum absolute atomic E-state index is 0.208. The summed E-state index contributed by atoms with van der Waals surface area (Å²) in [7, 11) is 1.46. The number of nitrogens with two attached hydrogens (primary N) is 2. The van der Waals surface area contributed by atoms with Crippen molar-refractivity contribution in [1.82, 2.24) is 0 Å². The molecule has 0 saturated heterocycles. The third-order valence-corrected chi connectivity index (χ3v) is 4.68. The van der Waals surface area contributed by atoms with Crippen LogP contribution in [0.4, 0.5) is 0 Å². The van der Waals surface area contributed by atoms with Crippen LogP contribution in [0.15, 0.2) is 28.3 Å². The van der Waals surface area contributed by atoms with Crippen molar-refractivity contribution >= 4 is 33.5 Å². The number of hydrogen-bond donors (Lipinski definition) is 2. The molecule has 1 aliphatic heterocycles. The van der Waals surface area contributed by atoms with Gasteiger partial charge in [0, 0.05) is 11.1 Å². The van der Waals surface area contributed by atoms with E-state index >= 15 is 0 Å². The van der Waals surface area contributed by atoms with Crippen molar-refractivity contribution in [2.45, 2.75) is 24.3 Å². The standard InChI is InChI=1S/C14H17BrN4O3/c1-14(2)11(15)10(19-21-3)8-6-7(4-5-9(8)22-14)12(20)18-13(16)17/h4-6,11H,1-3H3,(H4,16,17,18,20). The van der Waals surface area contributed by atoms with E-state index in [2.05, 4.69) is 26.1 Å². The Labute approximate surface area is 136 Å². The quantitative estimate of drug-likeness (QED) is 0.354. The maximum absolute atomic E-state index is 11.9. The molecule has 1 amide bonds. The van der Waals surface area contributed by atoms with Crippen LogP contribution in [-0.2, 0) is 4.84 Å². The van der Waals surface area contributed by atoms with Gasteiger partial charge in [0.2, 0.25) is 0 Å². The summed E-state index contributed by atoms with van der Waals surface area (Å²) in [6.07, 6.45) is 0. The molecule has 8 heteroatoms. The van der Waals surface area contributed by atoms with Gasteiger partial charge in [-0.1, -0.05) is 21.1 Å². The fourth-order valence-corrected chi connectivity index (χ4v) is 2.55. The van der Waals surface area contributed by atoms with Crippen molar-refractivity contribution in [3.8, 4) is 5.75 Å². The number of oxime groups is 1. The molecule has 1 aromatic rings. The topological polar surface area (TPSA) is 112 Å². The van der Waals surface area contributed by atoms with Gasteiger partial charge in [0.05, 0.1) is 4.83 Å². The number of carbonyl (C=O) groups excluding carboxylic acids is 1. The second-order valence-electron chi connectivity index (χ2n) is 5.28. The second kappa shape index (κ2) is 5.96. The molecule has 0 spiro atoms. The number of aliphatic imine (C=N–C) groups is 1. The Kier molecular flexibility index (Phi) is 4.41. The number of fused-ring (bicyclic) bond motifs is 1. The molecular formula is C14H17BrN4O3. The minimum atomic E-state index is -0.532. The molecule has 4 N–H and O–H groups in total. The van der Waals surface area contributed by atoms with Gasteiger partial charge in [-0.25, -0.2) is 0 Å². The highest BCUT2D eigenvalue weighted by Gasteiger charge is 2.40. The molecule has 1 unspecified atom stereocenters. The van der Waals surface area contributed by atoms with Crippen LogP contribution in [0.3, 0.4) is 0 Å². The largest absolute Gasteiger partial charge is 0.486 e. The zero-order valence-electron chi connectivity index (χ0n) is 12.5. The van der Waals surface area contributed by atoms with E-state index in [4.69, 9.17) is 21.0 Å². The van der Waals surface area contributed by atoms with Gasteiger partial charge in [0.15, 0.2) is 5.96 Å². The lowest BCUT2D eigenvalue weighted by Gasteiger charge is -2.37. The molecule has 2 rings (SSSR count). The first-order valence-electron chi connectivity index (χ1n) is 6.48. The number of nitrogens with zero attached hydrogens (tertiary/aromatic N) is 2. The average Bonchev–Trinajstić information content (AvgIpc) is 2.42. The highest BCUT2D eigenvalue weighted by molar-refractivity contribution is 9.10. The van der Waals surface area contributed by atoms with Crippen molar-refractivity contribution < 1.29 is 14.4 Å². The number of amides is 1. The summed E-state index contributed by atoms with van der Waals surface area (Å²) in [5.74, 6) is -0.211. The van der Waals surface area contributed by atoms with E-state index in [9.17, 15) is 4.79 Å². The van der Waals surface area contributed by atoms with Crippen LogP contribution in [0.1, 0.15) is 29.8 Å². The molecule has 0 bridgehead atoms. The molecule has 118 valence electrons. The third-order valence-electron chi connectivity index (χ3n) is 3.15. The highest BCUT2D eigenvalue weighted by atomic mass is 79.9. The van der Waals surface area contributed by atoms with Crippen LogP contribution < -0.4 is 16.2 Å². The number of alkyl halides is 1. The van der Waals surface area contributed by atoms with E-state index in [1.165, 1.54) is 7.11 Å². The molecule has 0 radical (unpaired) electrons. The van der Waals surface area contributed by atoms with Crippen LogP contribution in [0.25, 0.3) is 0 Å². The van der Waals surface area contributed by atoms with Crippen molar-refractivity contribution in [1.29, 1.82) is 0 Å². The Hall–Kier alpha value is -2.09. The summed E-state index contributed by atoms with van der Waals surface area (Å²) in [5.41, 5.74) is 11.6. The zero-order chi connectivity index (χ0) is 16.5. The number of halogens is 1. The van der Waals surface area contributed by atoms with E-state index in [0.29, 0.717) is 22.6 Å². The van der Waals surface area contributed by atoms with Gasteiger partial charge < -0.3 is 21.0 Å². The predicted molar refractivity (Wildman–Crippen MR) is 87.6 cm³/mol. The Bertz CT molecular complexity index is 666. The van der Waals surface area contributed by atoms with Crippen molar-refractivity contribution in [2.24, 2.45) is 21.6 Å². The first-order chi connectivity index (χ1) is 10.3. The first-order valence-corrected chi connectivity index (χ1v) is 7.40. The molecule has 7 nitrogen and oxygen atoms in total. The van der Waals surface area contributed by atoms with Crippen LogP contribution in [0.5, 0.6) is 5.75 Å². The fraction of sp³-hybridized carbons (Fsp3) is 0.357. The number of guanidine groups is 1. The normalized spacial score (nSPS) is 20.7. The fourth-order valence-electron chi connectivity index (χ4n) is 2.13. The molecule has 22 heavy (non-hydrogen) atoms. The van der Waals surface area contributed by atoms with Crippen molar-refractivity contribution in [2.75, 3.05) is 7.11 Å². The van der Waals surface area contributed by atoms with Gasteiger partial charge >= 0.3 is 0 Å². The summed E-state index contributed by atoms with van der Waals surface area (Å²) in [4.78, 5) is 20.2. The maximum Gasteiger partial charge on any atom is 0.280 e. The first kappa shape index (κ1) is 16.3. The van der Waals surface area contributed by atoms with E-state index in [-0.39, 0.29) is 10.8 Å². The molecule has 0 fully saturated rings. The van der Waals surface area contributed by atoms with Gasteiger partial charge in [-0.15, -0.1) is 0 Å². The number of benzene rings is 1. The summed E-state index contributed by atoms with van der Waals surface area (Å²) >= 11 is 3.56. The lowest BCUT2D eigenvalue weighted by atomic mass is 9.91. The monoisotopic (exact) mass is 368 g/mol. The molecule has 1 aliphatic rings. The molecule has 0 aliphatic carbocycles. The molecule has 1 aromatic carbocycles. The Morgan fingerprint density at radius 3 is 2.68 bits per heavy atom. The van der Waals surface area contributed by atoms with E-state index < -0.39 is 11.5 Å². The van der Waals surface area contributed by atoms with E-state index in [1.54, 1.807) is 18.2 Å². The van der Waals surface area contributed by atoms with Crippen LogP contribution in [-0.4, -0.2) is 35.1 Å². The van der Waals surface area contributed by atoms with Crippen LogP contribution in [0, 0.1) is 0 Å². The van der Waals surface area contributed by atoms with Gasteiger partial charge in [-0.3, -0.25) is 4.79 Å².